The second kappa shape index (κ2) is 5.41. The predicted molar refractivity (Wildman–Crippen MR) is 95.6 cm³/mol. The lowest BCUT2D eigenvalue weighted by Crippen LogP contribution is -2.27. The Hall–Kier alpha value is -2.75. The molecule has 1 aliphatic carbocycles. The van der Waals surface area contributed by atoms with Crippen LogP contribution in [0.5, 0.6) is 5.75 Å². The molecule has 0 aliphatic heterocycles. The van der Waals surface area contributed by atoms with Gasteiger partial charge in [-0.3, -0.25) is 4.79 Å². The van der Waals surface area contributed by atoms with E-state index in [1.807, 2.05) is 49.5 Å². The number of nitrogens with one attached hydrogen (secondary N) is 2. The summed E-state index contributed by atoms with van der Waals surface area (Å²) in [6, 6.07) is 13.9. The average Bonchev–Trinajstić information content (AvgIpc) is 3.28. The number of hydrogen-bond acceptors (Lipinski definition) is 2. The van der Waals surface area contributed by atoms with Crippen molar-refractivity contribution in [1.29, 1.82) is 0 Å². The number of hydrogen-bond donors (Lipinski definition) is 2. The van der Waals surface area contributed by atoms with E-state index in [9.17, 15) is 4.79 Å². The number of aryl methyl sites for hydroxylation is 1. The highest BCUT2D eigenvalue weighted by molar-refractivity contribution is 6.05. The lowest BCUT2D eigenvalue weighted by atomic mass is 9.94. The van der Waals surface area contributed by atoms with Crippen molar-refractivity contribution in [1.82, 2.24) is 4.98 Å². The van der Waals surface area contributed by atoms with E-state index in [0.29, 0.717) is 5.75 Å². The van der Waals surface area contributed by atoms with Crippen molar-refractivity contribution in [2.75, 3.05) is 12.4 Å². The molecule has 1 saturated carbocycles. The Morgan fingerprint density at radius 1 is 1.21 bits per heavy atom. The highest BCUT2D eigenvalue weighted by atomic mass is 16.5. The van der Waals surface area contributed by atoms with E-state index in [0.717, 1.165) is 40.6 Å². The number of H-pyrrole nitrogens is 1. The monoisotopic (exact) mass is 320 g/mol. The van der Waals surface area contributed by atoms with E-state index in [-0.39, 0.29) is 5.91 Å². The first-order chi connectivity index (χ1) is 11.6. The number of ether oxygens (including phenoxy) is 1. The molecule has 24 heavy (non-hydrogen) atoms. The van der Waals surface area contributed by atoms with Crippen LogP contribution in [-0.2, 0) is 10.2 Å². The first-order valence-electron chi connectivity index (χ1n) is 8.17. The number of carbonyl (C=O) groups excluding carboxylic acids is 1. The van der Waals surface area contributed by atoms with Crippen molar-refractivity contribution in [3.05, 3.63) is 59.8 Å². The van der Waals surface area contributed by atoms with Crippen molar-refractivity contribution in [2.45, 2.75) is 25.2 Å². The number of carbonyl (C=O) groups is 1. The van der Waals surface area contributed by atoms with Crippen LogP contribution < -0.4 is 10.1 Å². The molecule has 1 aromatic heterocycles. The van der Waals surface area contributed by atoms with Gasteiger partial charge in [-0.05, 0) is 49.1 Å². The Morgan fingerprint density at radius 3 is 2.75 bits per heavy atom. The molecule has 1 aliphatic rings. The SMILES string of the molecule is COc1ccc(C)cc1NC(=O)C1(c2c[nH]c3ccccc23)CC1. The van der Waals surface area contributed by atoms with Gasteiger partial charge in [-0.1, -0.05) is 24.3 Å². The molecule has 2 N–H and O–H groups in total. The average molecular weight is 320 g/mol. The van der Waals surface area contributed by atoms with Gasteiger partial charge in [-0.15, -0.1) is 0 Å². The van der Waals surface area contributed by atoms with Crippen molar-refractivity contribution < 1.29 is 9.53 Å². The minimum Gasteiger partial charge on any atom is -0.495 e. The summed E-state index contributed by atoms with van der Waals surface area (Å²) < 4.78 is 5.37. The molecule has 0 bridgehead atoms. The summed E-state index contributed by atoms with van der Waals surface area (Å²) in [5.41, 5.74) is 3.53. The van der Waals surface area contributed by atoms with Crippen LogP contribution in [0.4, 0.5) is 5.69 Å². The van der Waals surface area contributed by atoms with Crippen LogP contribution in [0.1, 0.15) is 24.0 Å². The third-order valence-electron chi connectivity index (χ3n) is 4.89. The van der Waals surface area contributed by atoms with Crippen LogP contribution in [0, 0.1) is 6.92 Å². The Balaban J connectivity index is 1.69. The molecular formula is C20H20N2O2. The molecule has 122 valence electrons. The van der Waals surface area contributed by atoms with Gasteiger partial charge in [-0.25, -0.2) is 0 Å². The van der Waals surface area contributed by atoms with Crippen molar-refractivity contribution in [3.8, 4) is 5.75 Å². The zero-order valence-corrected chi connectivity index (χ0v) is 13.8. The number of fused-ring (bicyclic) bond motifs is 1. The van der Waals surface area contributed by atoms with Gasteiger partial charge in [0.15, 0.2) is 0 Å². The zero-order chi connectivity index (χ0) is 16.7. The molecule has 3 aromatic rings. The van der Waals surface area contributed by atoms with Crippen molar-refractivity contribution in [3.63, 3.8) is 0 Å². The number of aromatic nitrogens is 1. The Bertz CT molecular complexity index is 922. The third kappa shape index (κ3) is 2.26. The number of anilines is 1. The maximum Gasteiger partial charge on any atom is 0.235 e. The highest BCUT2D eigenvalue weighted by Gasteiger charge is 2.52. The molecule has 0 unspecified atom stereocenters. The van der Waals surface area contributed by atoms with E-state index in [1.165, 1.54) is 0 Å². The van der Waals surface area contributed by atoms with Gasteiger partial charge < -0.3 is 15.0 Å². The van der Waals surface area contributed by atoms with Gasteiger partial charge in [0.25, 0.3) is 0 Å². The van der Waals surface area contributed by atoms with E-state index in [1.54, 1.807) is 7.11 Å². The van der Waals surface area contributed by atoms with Gasteiger partial charge in [0, 0.05) is 17.1 Å². The lowest BCUT2D eigenvalue weighted by Gasteiger charge is -2.17. The summed E-state index contributed by atoms with van der Waals surface area (Å²) in [5, 5.41) is 4.21. The second-order valence-electron chi connectivity index (χ2n) is 6.49. The lowest BCUT2D eigenvalue weighted by molar-refractivity contribution is -0.118. The number of methoxy groups -OCH3 is 1. The van der Waals surface area contributed by atoms with Crippen molar-refractivity contribution in [2.24, 2.45) is 0 Å². The summed E-state index contributed by atoms with van der Waals surface area (Å²) in [5.74, 6) is 0.722. The minimum absolute atomic E-state index is 0.0381. The maximum absolute atomic E-state index is 13.0. The minimum atomic E-state index is -0.436. The summed E-state index contributed by atoms with van der Waals surface area (Å²) in [6.45, 7) is 2.00. The van der Waals surface area contributed by atoms with Crippen LogP contribution in [0.3, 0.4) is 0 Å². The molecule has 1 amide bonds. The van der Waals surface area contributed by atoms with E-state index in [2.05, 4.69) is 16.4 Å². The molecule has 4 nitrogen and oxygen atoms in total. The molecule has 0 saturated heterocycles. The standard InChI is InChI=1S/C20H20N2O2/c1-13-7-8-18(24-2)17(11-13)22-19(23)20(9-10-20)15-12-21-16-6-4-3-5-14(15)16/h3-8,11-12,21H,9-10H2,1-2H3,(H,22,23). The summed E-state index contributed by atoms with van der Waals surface area (Å²) in [4.78, 5) is 16.3. The topological polar surface area (TPSA) is 54.1 Å². The fraction of sp³-hybridized carbons (Fsp3) is 0.250. The zero-order valence-electron chi connectivity index (χ0n) is 13.8. The molecule has 2 aromatic carbocycles. The quantitative estimate of drug-likeness (QED) is 0.758. The molecular weight excluding hydrogens is 300 g/mol. The van der Waals surface area contributed by atoms with Gasteiger partial charge in [0.2, 0.25) is 5.91 Å². The van der Waals surface area contributed by atoms with Gasteiger partial charge in [-0.2, -0.15) is 0 Å². The highest BCUT2D eigenvalue weighted by Crippen LogP contribution is 2.51. The fourth-order valence-electron chi connectivity index (χ4n) is 3.37. The van der Waals surface area contributed by atoms with E-state index in [4.69, 9.17) is 4.74 Å². The normalized spacial score (nSPS) is 15.2. The molecule has 4 rings (SSSR count). The number of rotatable bonds is 4. The van der Waals surface area contributed by atoms with E-state index < -0.39 is 5.41 Å². The Labute approximate surface area is 140 Å². The van der Waals surface area contributed by atoms with Gasteiger partial charge >= 0.3 is 0 Å². The van der Waals surface area contributed by atoms with Crippen LogP contribution in [0.25, 0.3) is 10.9 Å². The second-order valence-corrected chi connectivity index (χ2v) is 6.49. The van der Waals surface area contributed by atoms with Crippen LogP contribution in [-0.4, -0.2) is 18.0 Å². The van der Waals surface area contributed by atoms with Crippen LogP contribution in [0.2, 0.25) is 0 Å². The third-order valence-corrected chi connectivity index (χ3v) is 4.89. The number of amides is 1. The fourth-order valence-corrected chi connectivity index (χ4v) is 3.37. The summed E-state index contributed by atoms with van der Waals surface area (Å²) in [6.07, 6.45) is 3.72. The van der Waals surface area contributed by atoms with Crippen molar-refractivity contribution >= 4 is 22.5 Å². The smallest absolute Gasteiger partial charge is 0.235 e. The molecule has 0 atom stereocenters. The maximum atomic E-state index is 13.0. The largest absolute Gasteiger partial charge is 0.495 e. The number of aromatic amines is 1. The molecule has 4 heteroatoms. The summed E-state index contributed by atoms with van der Waals surface area (Å²) >= 11 is 0. The molecule has 0 spiro atoms. The Kier molecular flexibility index (Phi) is 3.34. The molecule has 1 heterocycles. The summed E-state index contributed by atoms with van der Waals surface area (Å²) in [7, 11) is 1.62. The number of para-hydroxylation sites is 1. The first-order valence-corrected chi connectivity index (χ1v) is 8.17. The number of benzene rings is 2. The first kappa shape index (κ1) is 14.8. The molecule has 1 fully saturated rings. The van der Waals surface area contributed by atoms with Gasteiger partial charge in [0.1, 0.15) is 5.75 Å². The van der Waals surface area contributed by atoms with Crippen LogP contribution in [0.15, 0.2) is 48.7 Å². The Morgan fingerprint density at radius 2 is 2.00 bits per heavy atom. The van der Waals surface area contributed by atoms with Gasteiger partial charge in [0.05, 0.1) is 18.2 Å². The molecule has 0 radical (unpaired) electrons. The predicted octanol–water partition coefficient (Wildman–Crippen LogP) is 4.16. The van der Waals surface area contributed by atoms with E-state index >= 15 is 0 Å². The van der Waals surface area contributed by atoms with Crippen LogP contribution >= 0.6 is 0 Å².